The minimum absolute atomic E-state index is 0.0661. The van der Waals surface area contributed by atoms with Crippen LogP contribution < -0.4 is 11.6 Å². The molecule has 1 aromatic rings. The Labute approximate surface area is 96.6 Å². The number of aromatic carboxylic acids is 1. The molecule has 0 heterocycles. The van der Waals surface area contributed by atoms with Gasteiger partial charge >= 0.3 is 11.9 Å². The number of carboxylic acid groups (broad SMARTS) is 1. The average Bonchev–Trinajstić information content (AvgIpc) is 2.30. The van der Waals surface area contributed by atoms with E-state index in [1.807, 2.05) is 0 Å². The first-order valence-corrected chi connectivity index (χ1v) is 4.67. The Hall–Kier alpha value is -2.12. The molecule has 0 spiro atoms. The van der Waals surface area contributed by atoms with Crippen molar-refractivity contribution in [3.05, 3.63) is 29.3 Å². The summed E-state index contributed by atoms with van der Waals surface area (Å²) in [4.78, 5) is 25.7. The van der Waals surface area contributed by atoms with Crippen LogP contribution in [0.4, 0.5) is 0 Å². The van der Waals surface area contributed by atoms with Crippen LogP contribution in [0.15, 0.2) is 18.2 Å². The van der Waals surface area contributed by atoms with Crippen molar-refractivity contribution < 1.29 is 24.6 Å². The first kappa shape index (κ1) is 12.9. The highest BCUT2D eigenvalue weighted by Crippen LogP contribution is 2.19. The molecule has 0 radical (unpaired) electrons. The monoisotopic (exact) mass is 240 g/mol. The van der Waals surface area contributed by atoms with Gasteiger partial charge < -0.3 is 20.8 Å². The van der Waals surface area contributed by atoms with Crippen molar-refractivity contribution in [2.45, 2.75) is 12.5 Å². The fraction of sp³-hybridized carbons (Fsp3) is 0.200. The molecule has 0 saturated heterocycles. The number of carbonyl (C=O) groups excluding carboxylic acids is 1. The minimum atomic E-state index is -1.26. The Balaban J connectivity index is 2.90. The van der Waals surface area contributed by atoms with Gasteiger partial charge in [-0.25, -0.2) is 9.59 Å². The van der Waals surface area contributed by atoms with Crippen LogP contribution in [0.1, 0.15) is 15.9 Å². The third-order valence-corrected chi connectivity index (χ3v) is 2.17. The highest BCUT2D eigenvalue weighted by atomic mass is 16.7. The number of carbonyl (C=O) groups is 2. The molecule has 0 aromatic heterocycles. The van der Waals surface area contributed by atoms with Crippen LogP contribution >= 0.6 is 0 Å². The van der Waals surface area contributed by atoms with Crippen molar-refractivity contribution in [1.29, 1.82) is 0 Å². The van der Waals surface area contributed by atoms with Gasteiger partial charge in [-0.3, -0.25) is 0 Å². The van der Waals surface area contributed by atoms with Gasteiger partial charge in [0.2, 0.25) is 0 Å². The second kappa shape index (κ2) is 5.28. The summed E-state index contributed by atoms with van der Waals surface area (Å²) >= 11 is 0. The fourth-order valence-corrected chi connectivity index (χ4v) is 1.31. The molecule has 0 aliphatic rings. The van der Waals surface area contributed by atoms with E-state index < -0.39 is 18.0 Å². The average molecular weight is 240 g/mol. The molecular weight excluding hydrogens is 228 g/mol. The predicted octanol–water partition coefficient (Wildman–Crippen LogP) is -0.623. The summed E-state index contributed by atoms with van der Waals surface area (Å²) in [6, 6.07) is 2.94. The van der Waals surface area contributed by atoms with Gasteiger partial charge in [-0.15, -0.1) is 0 Å². The Kier molecular flexibility index (Phi) is 4.02. The van der Waals surface area contributed by atoms with E-state index in [0.29, 0.717) is 5.56 Å². The molecule has 7 nitrogen and oxygen atoms in total. The van der Waals surface area contributed by atoms with E-state index in [9.17, 15) is 14.7 Å². The van der Waals surface area contributed by atoms with Crippen LogP contribution in [0.5, 0.6) is 5.75 Å². The number of phenols is 1. The molecule has 7 heteroatoms. The number of hydrogen-bond acceptors (Lipinski definition) is 6. The van der Waals surface area contributed by atoms with Gasteiger partial charge in [0.25, 0.3) is 0 Å². The van der Waals surface area contributed by atoms with Gasteiger partial charge in [-0.05, 0) is 24.1 Å². The van der Waals surface area contributed by atoms with Crippen molar-refractivity contribution >= 4 is 11.9 Å². The lowest BCUT2D eigenvalue weighted by Crippen LogP contribution is -2.35. The molecule has 1 atom stereocenters. The van der Waals surface area contributed by atoms with Gasteiger partial charge in [0.1, 0.15) is 17.4 Å². The largest absolute Gasteiger partial charge is 0.507 e. The number of benzene rings is 1. The van der Waals surface area contributed by atoms with Gasteiger partial charge in [-0.2, -0.15) is 5.90 Å². The van der Waals surface area contributed by atoms with Crippen LogP contribution in [0.3, 0.4) is 0 Å². The first-order valence-electron chi connectivity index (χ1n) is 4.67. The molecular formula is C10H12N2O5. The maximum absolute atomic E-state index is 11.0. The predicted molar refractivity (Wildman–Crippen MR) is 57.0 cm³/mol. The summed E-state index contributed by atoms with van der Waals surface area (Å²) in [5, 5.41) is 18.0. The first-order chi connectivity index (χ1) is 7.95. The van der Waals surface area contributed by atoms with Gasteiger partial charge in [-0.1, -0.05) is 6.07 Å². The molecule has 0 fully saturated rings. The zero-order valence-corrected chi connectivity index (χ0v) is 8.79. The number of nitrogens with two attached hydrogens (primary N) is 2. The second-order valence-corrected chi connectivity index (χ2v) is 3.40. The van der Waals surface area contributed by atoms with E-state index in [-0.39, 0.29) is 17.7 Å². The molecule has 0 bridgehead atoms. The molecule has 0 aliphatic carbocycles. The van der Waals surface area contributed by atoms with Crippen molar-refractivity contribution in [2.24, 2.45) is 11.6 Å². The van der Waals surface area contributed by atoms with E-state index in [2.05, 4.69) is 10.7 Å². The normalized spacial score (nSPS) is 11.9. The molecule has 6 N–H and O–H groups in total. The van der Waals surface area contributed by atoms with Gasteiger partial charge in [0, 0.05) is 0 Å². The second-order valence-electron chi connectivity index (χ2n) is 3.40. The Morgan fingerprint density at radius 1 is 1.41 bits per heavy atom. The fourth-order valence-electron chi connectivity index (χ4n) is 1.31. The van der Waals surface area contributed by atoms with Crippen LogP contribution in [0.2, 0.25) is 0 Å². The van der Waals surface area contributed by atoms with Crippen LogP contribution in [-0.4, -0.2) is 28.2 Å². The summed E-state index contributed by atoms with van der Waals surface area (Å²) in [5.74, 6) is 2.25. The zero-order valence-electron chi connectivity index (χ0n) is 8.79. The molecule has 92 valence electrons. The van der Waals surface area contributed by atoms with E-state index in [4.69, 9.17) is 10.8 Å². The van der Waals surface area contributed by atoms with Crippen molar-refractivity contribution in [3.8, 4) is 5.75 Å². The Morgan fingerprint density at radius 2 is 2.06 bits per heavy atom. The smallest absolute Gasteiger partial charge is 0.341 e. The highest BCUT2D eigenvalue weighted by molar-refractivity contribution is 5.91. The molecule has 0 unspecified atom stereocenters. The molecule has 1 rings (SSSR count). The third-order valence-electron chi connectivity index (χ3n) is 2.17. The van der Waals surface area contributed by atoms with Crippen molar-refractivity contribution in [2.75, 3.05) is 0 Å². The summed E-state index contributed by atoms with van der Waals surface area (Å²) in [6.45, 7) is 0. The lowest BCUT2D eigenvalue weighted by Gasteiger charge is -2.09. The van der Waals surface area contributed by atoms with E-state index >= 15 is 0 Å². The highest BCUT2D eigenvalue weighted by Gasteiger charge is 2.17. The zero-order chi connectivity index (χ0) is 13.0. The van der Waals surface area contributed by atoms with Gasteiger partial charge in [0.15, 0.2) is 0 Å². The SMILES string of the molecule is NOC(=O)[C@@H](N)Cc1ccc(O)c(C(=O)O)c1. The maximum Gasteiger partial charge on any atom is 0.341 e. The number of carboxylic acids is 1. The van der Waals surface area contributed by atoms with Gasteiger partial charge in [0.05, 0.1) is 0 Å². The standard InChI is InChI=1S/C10H12N2O5/c11-7(10(16)17-12)4-5-1-2-8(13)6(3-5)9(14)15/h1-3,7,13H,4,11-12H2,(H,14,15)/t7-/m0/s1. The summed E-state index contributed by atoms with van der Waals surface area (Å²) in [7, 11) is 0. The summed E-state index contributed by atoms with van der Waals surface area (Å²) in [6.07, 6.45) is 0.0661. The molecule has 17 heavy (non-hydrogen) atoms. The van der Waals surface area contributed by atoms with Crippen LogP contribution in [0, 0.1) is 0 Å². The Bertz CT molecular complexity index is 446. The van der Waals surface area contributed by atoms with Crippen LogP contribution in [0.25, 0.3) is 0 Å². The van der Waals surface area contributed by atoms with E-state index in [0.717, 1.165) is 0 Å². The molecule has 0 amide bonds. The molecule has 0 aliphatic heterocycles. The molecule has 1 aromatic carbocycles. The van der Waals surface area contributed by atoms with E-state index in [1.54, 1.807) is 0 Å². The number of hydrogen-bond donors (Lipinski definition) is 4. The quantitative estimate of drug-likeness (QED) is 0.514. The minimum Gasteiger partial charge on any atom is -0.507 e. The van der Waals surface area contributed by atoms with Crippen molar-refractivity contribution in [1.82, 2.24) is 0 Å². The lowest BCUT2D eigenvalue weighted by molar-refractivity contribution is -0.145. The number of rotatable bonds is 4. The van der Waals surface area contributed by atoms with Crippen LogP contribution in [-0.2, 0) is 16.1 Å². The molecule has 0 saturated carbocycles. The summed E-state index contributed by atoms with van der Waals surface area (Å²) in [5.41, 5.74) is 5.69. The third kappa shape index (κ3) is 3.16. The topological polar surface area (TPSA) is 136 Å². The Morgan fingerprint density at radius 3 is 2.59 bits per heavy atom. The maximum atomic E-state index is 11.0. The van der Waals surface area contributed by atoms with E-state index in [1.165, 1.54) is 18.2 Å². The lowest BCUT2D eigenvalue weighted by atomic mass is 10.0. The summed E-state index contributed by atoms with van der Waals surface area (Å²) < 4.78 is 0. The number of aromatic hydroxyl groups is 1. The van der Waals surface area contributed by atoms with Crippen molar-refractivity contribution in [3.63, 3.8) is 0 Å².